The molecule has 0 aliphatic heterocycles. The average molecular weight is 593 g/mol. The molecule has 0 saturated heterocycles. The molecule has 0 heterocycles. The van der Waals surface area contributed by atoms with Crippen LogP contribution in [0, 0.1) is 44.4 Å². The summed E-state index contributed by atoms with van der Waals surface area (Å²) in [4.78, 5) is 52.3. The van der Waals surface area contributed by atoms with Crippen molar-refractivity contribution >= 4 is 36.2 Å². The van der Waals surface area contributed by atoms with Crippen LogP contribution < -0.4 is 5.30 Å². The Labute approximate surface area is 248 Å². The van der Waals surface area contributed by atoms with Gasteiger partial charge in [-0.15, -0.1) is 0 Å². The van der Waals surface area contributed by atoms with Crippen LogP contribution >= 0.6 is 7.14 Å². The van der Waals surface area contributed by atoms with Gasteiger partial charge in [0.1, 0.15) is 12.9 Å². The van der Waals surface area contributed by atoms with E-state index in [-0.39, 0.29) is 30.6 Å². The molecular formula is C34H41O7P. The topological polar surface area (TPSA) is 104 Å². The second-order valence-corrected chi connectivity index (χ2v) is 14.4. The van der Waals surface area contributed by atoms with Crippen LogP contribution in [0.25, 0.3) is 0 Å². The molecule has 6 atom stereocenters. The highest BCUT2D eigenvalue weighted by Crippen LogP contribution is 2.68. The van der Waals surface area contributed by atoms with Crippen LogP contribution in [0.15, 0.2) is 61.7 Å². The zero-order valence-electron chi connectivity index (χ0n) is 25.3. The van der Waals surface area contributed by atoms with Crippen molar-refractivity contribution in [2.24, 2.45) is 23.7 Å². The number of esters is 2. The molecule has 0 radical (unpaired) electrons. The van der Waals surface area contributed by atoms with Crippen LogP contribution in [0.3, 0.4) is 0 Å². The minimum Gasteiger partial charge on any atom is -0.462 e. The van der Waals surface area contributed by atoms with Gasteiger partial charge in [0.2, 0.25) is 5.52 Å². The third-order valence-corrected chi connectivity index (χ3v) is 13.1. The summed E-state index contributed by atoms with van der Waals surface area (Å²) in [7, 11) is -4.25. The highest BCUT2D eigenvalue weighted by atomic mass is 31.2. The highest BCUT2D eigenvalue weighted by Gasteiger charge is 2.64. The molecule has 2 aromatic carbocycles. The number of hydrogen-bond acceptors (Lipinski definition) is 7. The number of rotatable bonds is 11. The second-order valence-electron chi connectivity index (χ2n) is 11.5. The molecule has 1 aliphatic carbocycles. The minimum atomic E-state index is -4.25. The SMILES string of the molecule is C=CC(=O)OCc1c(C)cc(C)c(C(=O)P(=O)(c2ccccc2)C2(C=O)C(C)CC(C)C(COC(=O)C=C)C2C)c1C. The van der Waals surface area contributed by atoms with Crippen LogP contribution in [-0.2, 0) is 35.0 Å². The number of carbonyl (C=O) groups is 4. The number of hydrogen-bond donors (Lipinski definition) is 0. The first-order valence-corrected chi connectivity index (χ1v) is 15.9. The van der Waals surface area contributed by atoms with Crippen molar-refractivity contribution in [3.8, 4) is 0 Å². The van der Waals surface area contributed by atoms with Gasteiger partial charge in [-0.05, 0) is 73.1 Å². The third-order valence-electron chi connectivity index (χ3n) is 9.21. The van der Waals surface area contributed by atoms with Crippen LogP contribution in [0.2, 0.25) is 0 Å². The summed E-state index contributed by atoms with van der Waals surface area (Å²) in [6.45, 7) is 18.0. The van der Waals surface area contributed by atoms with E-state index in [0.29, 0.717) is 28.4 Å². The Morgan fingerprint density at radius 1 is 0.976 bits per heavy atom. The molecule has 3 rings (SSSR count). The Morgan fingerprint density at radius 3 is 2.14 bits per heavy atom. The summed E-state index contributed by atoms with van der Waals surface area (Å²) in [6, 6.07) is 10.3. The van der Waals surface area contributed by atoms with Gasteiger partial charge in [-0.25, -0.2) is 9.59 Å². The summed E-state index contributed by atoms with van der Waals surface area (Å²) >= 11 is 0. The molecule has 0 spiro atoms. The molecule has 0 N–H and O–H groups in total. The molecule has 7 nitrogen and oxygen atoms in total. The largest absolute Gasteiger partial charge is 0.462 e. The van der Waals surface area contributed by atoms with Crippen LogP contribution in [0.4, 0.5) is 0 Å². The first-order valence-electron chi connectivity index (χ1n) is 14.2. The fourth-order valence-corrected chi connectivity index (χ4v) is 10.9. The Bertz CT molecular complexity index is 1440. The average Bonchev–Trinajstić information content (AvgIpc) is 2.96. The summed E-state index contributed by atoms with van der Waals surface area (Å²) in [6.07, 6.45) is 3.39. The minimum absolute atomic E-state index is 0.0138. The number of aryl methyl sites for hydroxylation is 2. The lowest BCUT2D eigenvalue weighted by molar-refractivity contribution is -0.141. The molecule has 1 fully saturated rings. The van der Waals surface area contributed by atoms with Gasteiger partial charge in [-0.1, -0.05) is 70.3 Å². The van der Waals surface area contributed by atoms with Crippen molar-refractivity contribution in [3.05, 3.63) is 89.5 Å². The summed E-state index contributed by atoms with van der Waals surface area (Å²) < 4.78 is 26.6. The smallest absolute Gasteiger partial charge is 0.330 e. The van der Waals surface area contributed by atoms with Gasteiger partial charge >= 0.3 is 11.9 Å². The monoisotopic (exact) mass is 592 g/mol. The zero-order valence-corrected chi connectivity index (χ0v) is 26.2. The highest BCUT2D eigenvalue weighted by molar-refractivity contribution is 7.89. The van der Waals surface area contributed by atoms with Gasteiger partial charge in [-0.2, -0.15) is 0 Å². The zero-order chi connectivity index (χ0) is 31.4. The van der Waals surface area contributed by atoms with E-state index < -0.39 is 41.6 Å². The molecule has 224 valence electrons. The lowest BCUT2D eigenvalue weighted by atomic mass is 9.63. The molecule has 6 unspecified atom stereocenters. The van der Waals surface area contributed by atoms with Crippen molar-refractivity contribution in [1.29, 1.82) is 0 Å². The van der Waals surface area contributed by atoms with Crippen LogP contribution in [0.1, 0.15) is 59.8 Å². The second kappa shape index (κ2) is 13.2. The predicted molar refractivity (Wildman–Crippen MR) is 164 cm³/mol. The van der Waals surface area contributed by atoms with Gasteiger partial charge in [0.25, 0.3) is 0 Å². The summed E-state index contributed by atoms with van der Waals surface area (Å²) in [5.41, 5.74) is 2.26. The van der Waals surface area contributed by atoms with Crippen molar-refractivity contribution in [2.75, 3.05) is 6.61 Å². The number of ether oxygens (including phenoxy) is 2. The van der Waals surface area contributed by atoms with Crippen molar-refractivity contribution in [1.82, 2.24) is 0 Å². The van der Waals surface area contributed by atoms with Crippen LogP contribution in [-0.4, -0.2) is 35.5 Å². The Hall–Kier alpha value is -3.57. The molecular weight excluding hydrogens is 551 g/mol. The fraction of sp³-hybridized carbons (Fsp3) is 0.412. The lowest BCUT2D eigenvalue weighted by Gasteiger charge is -2.52. The van der Waals surface area contributed by atoms with E-state index in [1.54, 1.807) is 44.2 Å². The maximum atomic E-state index is 15.9. The van der Waals surface area contributed by atoms with E-state index >= 15 is 4.57 Å². The van der Waals surface area contributed by atoms with Crippen LogP contribution in [0.5, 0.6) is 0 Å². The predicted octanol–water partition coefficient (Wildman–Crippen LogP) is 6.26. The van der Waals surface area contributed by atoms with Gasteiger partial charge in [0.15, 0.2) is 7.14 Å². The molecule has 1 saturated carbocycles. The first-order chi connectivity index (χ1) is 19.8. The van der Waals surface area contributed by atoms with E-state index in [1.165, 1.54) is 0 Å². The van der Waals surface area contributed by atoms with Crippen molar-refractivity contribution in [2.45, 2.75) is 59.7 Å². The molecule has 1 aliphatic rings. The molecule has 0 aromatic heterocycles. The maximum absolute atomic E-state index is 15.9. The van der Waals surface area contributed by atoms with E-state index in [0.717, 1.165) is 24.0 Å². The number of aldehydes is 1. The Morgan fingerprint density at radius 2 is 1.57 bits per heavy atom. The van der Waals surface area contributed by atoms with Gasteiger partial charge in [-0.3, -0.25) is 4.79 Å². The third kappa shape index (κ3) is 5.59. The first kappa shape index (κ1) is 32.9. The quantitative estimate of drug-likeness (QED) is 0.131. The number of benzene rings is 2. The molecule has 42 heavy (non-hydrogen) atoms. The summed E-state index contributed by atoms with van der Waals surface area (Å²) in [5, 5.41) is -1.26. The summed E-state index contributed by atoms with van der Waals surface area (Å²) in [5.74, 6) is -2.45. The standard InChI is InChI=1S/C34H41O7P/c1-9-30(36)40-18-28-21(3)16-23(5)32(25(28)7)33(38)42(39,27-14-12-11-13-15-27)34(20-35)24(6)17-22(4)29(26(34)8)19-41-31(37)10-2/h9-16,20,22,24,26,29H,1-2,17-19H2,3-8H3. The maximum Gasteiger partial charge on any atom is 0.330 e. The Kier molecular flexibility index (Phi) is 10.3. The molecule has 2 aromatic rings. The van der Waals surface area contributed by atoms with E-state index in [2.05, 4.69) is 13.2 Å². The van der Waals surface area contributed by atoms with Gasteiger partial charge < -0.3 is 18.8 Å². The number of carbonyl (C=O) groups excluding carboxylic acids is 4. The molecule has 0 bridgehead atoms. The molecule has 8 heteroatoms. The Balaban J connectivity index is 2.31. The van der Waals surface area contributed by atoms with Gasteiger partial charge in [0, 0.05) is 23.0 Å². The normalized spacial score (nSPS) is 25.0. The van der Waals surface area contributed by atoms with Gasteiger partial charge in [0.05, 0.1) is 11.8 Å². The fourth-order valence-electron chi connectivity index (χ4n) is 6.94. The van der Waals surface area contributed by atoms with E-state index in [4.69, 9.17) is 9.47 Å². The van der Waals surface area contributed by atoms with Crippen molar-refractivity contribution in [3.63, 3.8) is 0 Å². The molecule has 0 amide bonds. The lowest BCUT2D eigenvalue weighted by Crippen LogP contribution is -2.56. The van der Waals surface area contributed by atoms with E-state index in [9.17, 15) is 19.2 Å². The van der Waals surface area contributed by atoms with E-state index in [1.807, 2.05) is 33.8 Å². The van der Waals surface area contributed by atoms with Crippen molar-refractivity contribution < 1.29 is 33.2 Å².